The number of sulfonamides is 1. The van der Waals surface area contributed by atoms with Crippen molar-refractivity contribution in [1.82, 2.24) is 10.2 Å². The highest BCUT2D eigenvalue weighted by Crippen LogP contribution is 2.25. The minimum atomic E-state index is -3.80. The van der Waals surface area contributed by atoms with Gasteiger partial charge in [-0.3, -0.25) is 13.9 Å². The first-order valence-corrected chi connectivity index (χ1v) is 16.2. The van der Waals surface area contributed by atoms with Crippen molar-refractivity contribution in [2.45, 2.75) is 52.1 Å². The van der Waals surface area contributed by atoms with E-state index in [0.29, 0.717) is 25.1 Å². The van der Waals surface area contributed by atoms with Gasteiger partial charge in [-0.2, -0.15) is 0 Å². The summed E-state index contributed by atoms with van der Waals surface area (Å²) < 4.78 is 28.0. The molecule has 0 fully saturated rings. The second-order valence-electron chi connectivity index (χ2n) is 9.75. The predicted octanol–water partition coefficient (Wildman–Crippen LogP) is 5.33. The highest BCUT2D eigenvalue weighted by molar-refractivity contribution is 9.10. The molecular weight excluding hydrogens is 590 g/mol. The molecule has 3 aromatic carbocycles. The molecule has 7 nitrogen and oxygen atoms in total. The fourth-order valence-corrected chi connectivity index (χ4v) is 5.87. The first kappa shape index (κ1) is 31.4. The third kappa shape index (κ3) is 8.93. The lowest BCUT2D eigenvalue weighted by molar-refractivity contribution is -0.140. The molecule has 0 aliphatic carbocycles. The van der Waals surface area contributed by atoms with E-state index in [-0.39, 0.29) is 12.5 Å². The van der Waals surface area contributed by atoms with Gasteiger partial charge in [0.2, 0.25) is 21.8 Å². The van der Waals surface area contributed by atoms with Gasteiger partial charge in [-0.25, -0.2) is 8.42 Å². The van der Waals surface area contributed by atoms with E-state index < -0.39 is 28.5 Å². The van der Waals surface area contributed by atoms with Crippen molar-refractivity contribution >= 4 is 43.5 Å². The molecule has 0 heterocycles. The Labute approximate surface area is 246 Å². The number of rotatable bonds is 14. The van der Waals surface area contributed by atoms with Crippen LogP contribution < -0.4 is 9.62 Å². The van der Waals surface area contributed by atoms with E-state index >= 15 is 0 Å². The van der Waals surface area contributed by atoms with Crippen molar-refractivity contribution in [3.63, 3.8) is 0 Å². The fourth-order valence-electron chi connectivity index (χ4n) is 4.54. The Morgan fingerprint density at radius 1 is 0.925 bits per heavy atom. The van der Waals surface area contributed by atoms with Crippen molar-refractivity contribution in [2.24, 2.45) is 0 Å². The molecule has 1 N–H and O–H groups in total. The Morgan fingerprint density at radius 2 is 1.60 bits per heavy atom. The van der Waals surface area contributed by atoms with Crippen LogP contribution in [0.25, 0.3) is 0 Å². The average Bonchev–Trinajstić information content (AvgIpc) is 2.93. The number of unbranched alkanes of at least 4 members (excludes halogenated alkanes) is 1. The Morgan fingerprint density at radius 3 is 2.25 bits per heavy atom. The molecule has 0 saturated heterocycles. The zero-order valence-electron chi connectivity index (χ0n) is 23.3. The zero-order valence-corrected chi connectivity index (χ0v) is 25.7. The maximum absolute atomic E-state index is 14.2. The van der Waals surface area contributed by atoms with Gasteiger partial charge in [-0.1, -0.05) is 96.9 Å². The van der Waals surface area contributed by atoms with Gasteiger partial charge < -0.3 is 10.2 Å². The SMILES string of the molecule is CCCCNC(=O)C(Cc1ccccc1)N(Cc1cccc(Br)c1)C(=O)CN(c1ccccc1CC)S(C)(=O)=O. The average molecular weight is 629 g/mol. The third-order valence-corrected chi connectivity index (χ3v) is 8.28. The highest BCUT2D eigenvalue weighted by Gasteiger charge is 2.33. The first-order valence-electron chi connectivity index (χ1n) is 13.5. The van der Waals surface area contributed by atoms with Gasteiger partial charge in [0.25, 0.3) is 0 Å². The van der Waals surface area contributed by atoms with Crippen LogP contribution in [0.15, 0.2) is 83.3 Å². The molecule has 3 aromatic rings. The van der Waals surface area contributed by atoms with E-state index in [2.05, 4.69) is 21.2 Å². The monoisotopic (exact) mass is 627 g/mol. The molecule has 2 amide bonds. The van der Waals surface area contributed by atoms with Crippen LogP contribution in [0.1, 0.15) is 43.4 Å². The molecule has 0 radical (unpaired) electrons. The molecule has 0 aliphatic heterocycles. The largest absolute Gasteiger partial charge is 0.354 e. The van der Waals surface area contributed by atoms with Crippen LogP contribution in [-0.2, 0) is 39.0 Å². The molecule has 0 spiro atoms. The fraction of sp³-hybridized carbons (Fsp3) is 0.355. The zero-order chi connectivity index (χ0) is 29.1. The number of benzene rings is 3. The lowest BCUT2D eigenvalue weighted by Gasteiger charge is -2.34. The molecule has 0 bridgehead atoms. The van der Waals surface area contributed by atoms with E-state index in [1.165, 1.54) is 4.90 Å². The lowest BCUT2D eigenvalue weighted by atomic mass is 10.0. The number of nitrogens with zero attached hydrogens (tertiary/aromatic N) is 2. The highest BCUT2D eigenvalue weighted by atomic mass is 79.9. The number of halogens is 1. The summed E-state index contributed by atoms with van der Waals surface area (Å²) in [5.41, 5.74) is 3.01. The summed E-state index contributed by atoms with van der Waals surface area (Å²) in [4.78, 5) is 29.3. The summed E-state index contributed by atoms with van der Waals surface area (Å²) in [6, 6.07) is 23.4. The molecule has 9 heteroatoms. The second kappa shape index (κ2) is 15.0. The Balaban J connectivity index is 2.05. The summed E-state index contributed by atoms with van der Waals surface area (Å²) in [6.45, 7) is 4.21. The van der Waals surface area contributed by atoms with E-state index in [0.717, 1.165) is 44.6 Å². The van der Waals surface area contributed by atoms with Crippen LogP contribution in [0.4, 0.5) is 5.69 Å². The predicted molar refractivity (Wildman–Crippen MR) is 165 cm³/mol. The minimum Gasteiger partial charge on any atom is -0.354 e. The van der Waals surface area contributed by atoms with Crippen LogP contribution in [0.3, 0.4) is 0 Å². The molecule has 1 unspecified atom stereocenters. The Kier molecular flexibility index (Phi) is 11.8. The van der Waals surface area contributed by atoms with Crippen molar-refractivity contribution < 1.29 is 18.0 Å². The third-order valence-electron chi connectivity index (χ3n) is 6.66. The standard InChI is InChI=1S/C31H38BrN3O4S/c1-4-6-19-33-31(37)29(21-24-13-8-7-9-14-24)34(22-25-15-12-17-27(32)20-25)30(36)23-35(40(3,38)39)28-18-11-10-16-26(28)5-2/h7-18,20,29H,4-6,19,21-23H2,1-3H3,(H,33,37). The number of hydrogen-bond acceptors (Lipinski definition) is 4. The molecule has 1 atom stereocenters. The molecule has 214 valence electrons. The summed E-state index contributed by atoms with van der Waals surface area (Å²) in [6.07, 6.45) is 3.74. The van der Waals surface area contributed by atoms with E-state index in [1.54, 1.807) is 12.1 Å². The van der Waals surface area contributed by atoms with Crippen LogP contribution in [0.5, 0.6) is 0 Å². The quantitative estimate of drug-likeness (QED) is 0.245. The van der Waals surface area contributed by atoms with Crippen LogP contribution in [0, 0.1) is 0 Å². The van der Waals surface area contributed by atoms with E-state index in [4.69, 9.17) is 0 Å². The Bertz CT molecular complexity index is 1380. The number of amides is 2. The van der Waals surface area contributed by atoms with Gasteiger partial charge >= 0.3 is 0 Å². The van der Waals surface area contributed by atoms with Gasteiger partial charge in [0.15, 0.2) is 0 Å². The smallest absolute Gasteiger partial charge is 0.244 e. The summed E-state index contributed by atoms with van der Waals surface area (Å²) >= 11 is 3.49. The van der Waals surface area contributed by atoms with Gasteiger partial charge in [0.1, 0.15) is 12.6 Å². The molecular formula is C31H38BrN3O4S. The number of anilines is 1. The van der Waals surface area contributed by atoms with Crippen molar-refractivity contribution in [2.75, 3.05) is 23.7 Å². The minimum absolute atomic E-state index is 0.143. The van der Waals surface area contributed by atoms with Crippen LogP contribution in [0.2, 0.25) is 0 Å². The normalized spacial score (nSPS) is 12.0. The van der Waals surface area contributed by atoms with Gasteiger partial charge in [0, 0.05) is 24.0 Å². The number of aryl methyl sites for hydroxylation is 1. The van der Waals surface area contributed by atoms with Gasteiger partial charge in [0.05, 0.1) is 11.9 Å². The number of carbonyl (C=O) groups is 2. The van der Waals surface area contributed by atoms with Crippen molar-refractivity contribution in [3.8, 4) is 0 Å². The summed E-state index contributed by atoms with van der Waals surface area (Å²) in [7, 11) is -3.80. The van der Waals surface area contributed by atoms with Gasteiger partial charge in [-0.05, 0) is 47.7 Å². The summed E-state index contributed by atoms with van der Waals surface area (Å²) in [5.74, 6) is -0.719. The first-order chi connectivity index (χ1) is 19.1. The van der Waals surface area contributed by atoms with Gasteiger partial charge in [-0.15, -0.1) is 0 Å². The lowest BCUT2D eigenvalue weighted by Crippen LogP contribution is -2.53. The molecule has 0 saturated carbocycles. The van der Waals surface area contributed by atoms with Crippen molar-refractivity contribution in [1.29, 1.82) is 0 Å². The van der Waals surface area contributed by atoms with Crippen LogP contribution in [-0.4, -0.2) is 50.5 Å². The van der Waals surface area contributed by atoms with E-state index in [9.17, 15) is 18.0 Å². The number of para-hydroxylation sites is 1. The maximum Gasteiger partial charge on any atom is 0.244 e. The molecule has 3 rings (SSSR count). The number of hydrogen-bond donors (Lipinski definition) is 1. The molecule has 0 aliphatic rings. The van der Waals surface area contributed by atoms with Crippen molar-refractivity contribution in [3.05, 3.63) is 100 Å². The van der Waals surface area contributed by atoms with E-state index in [1.807, 2.05) is 80.6 Å². The number of carbonyl (C=O) groups excluding carboxylic acids is 2. The second-order valence-corrected chi connectivity index (χ2v) is 12.6. The maximum atomic E-state index is 14.2. The Hall–Kier alpha value is -3.17. The molecule has 0 aromatic heterocycles. The summed E-state index contributed by atoms with van der Waals surface area (Å²) in [5, 5.41) is 3.00. The molecule has 40 heavy (non-hydrogen) atoms. The number of nitrogens with one attached hydrogen (secondary N) is 1. The van der Waals surface area contributed by atoms with Crippen LogP contribution >= 0.6 is 15.9 Å². The topological polar surface area (TPSA) is 86.8 Å².